The zero-order valence-corrected chi connectivity index (χ0v) is 12.9. The van der Waals surface area contributed by atoms with Crippen LogP contribution in [0.4, 0.5) is 5.69 Å². The van der Waals surface area contributed by atoms with Crippen LogP contribution in [-0.2, 0) is 4.79 Å². The predicted molar refractivity (Wildman–Crippen MR) is 82.6 cm³/mol. The summed E-state index contributed by atoms with van der Waals surface area (Å²) < 4.78 is 0. The van der Waals surface area contributed by atoms with E-state index in [9.17, 15) is 4.79 Å². The molecule has 0 radical (unpaired) electrons. The molecule has 1 fully saturated rings. The molecule has 1 aliphatic rings. The van der Waals surface area contributed by atoms with E-state index in [0.29, 0.717) is 21.5 Å². The number of thioether (sulfide) groups is 1. The second-order valence-corrected chi connectivity index (χ2v) is 5.94. The standard InChI is InChI=1S/C13H14Cl2N2OS/c1-2-3-6-17-12(18)8-19-13(17)16-9-4-5-10(14)11(15)7-9/h4-5,7H,2-3,6,8H2,1H3. The Hall–Kier alpha value is -0.710. The van der Waals surface area contributed by atoms with Crippen LogP contribution in [-0.4, -0.2) is 28.3 Å². The molecule has 3 nitrogen and oxygen atoms in total. The molecular weight excluding hydrogens is 303 g/mol. The summed E-state index contributed by atoms with van der Waals surface area (Å²) in [4.78, 5) is 18.0. The maximum absolute atomic E-state index is 11.8. The van der Waals surface area contributed by atoms with Gasteiger partial charge in [-0.3, -0.25) is 9.69 Å². The minimum absolute atomic E-state index is 0.122. The number of carbonyl (C=O) groups excluding carboxylic acids is 1. The molecule has 2 rings (SSSR count). The van der Waals surface area contributed by atoms with Crippen LogP contribution in [0, 0.1) is 0 Å². The Kier molecular flexibility index (Phi) is 5.13. The highest BCUT2D eigenvalue weighted by atomic mass is 35.5. The van der Waals surface area contributed by atoms with Crippen molar-refractivity contribution in [2.75, 3.05) is 12.3 Å². The van der Waals surface area contributed by atoms with Crippen molar-refractivity contribution in [1.82, 2.24) is 4.90 Å². The summed E-state index contributed by atoms with van der Waals surface area (Å²) in [5, 5.41) is 1.72. The Morgan fingerprint density at radius 2 is 2.16 bits per heavy atom. The molecule has 0 spiro atoms. The Morgan fingerprint density at radius 3 is 2.84 bits per heavy atom. The Labute approximate surface area is 127 Å². The number of halogens is 2. The molecule has 0 atom stereocenters. The Bertz CT molecular complexity index is 519. The van der Waals surface area contributed by atoms with Crippen LogP contribution in [0.3, 0.4) is 0 Å². The van der Waals surface area contributed by atoms with E-state index in [1.54, 1.807) is 23.1 Å². The molecule has 1 heterocycles. The van der Waals surface area contributed by atoms with E-state index < -0.39 is 0 Å². The fourth-order valence-electron chi connectivity index (χ4n) is 1.68. The third-order valence-corrected chi connectivity index (χ3v) is 4.42. The number of aliphatic imine (C=N–C) groups is 1. The topological polar surface area (TPSA) is 32.7 Å². The van der Waals surface area contributed by atoms with Gasteiger partial charge in [0.25, 0.3) is 0 Å². The lowest BCUT2D eigenvalue weighted by Crippen LogP contribution is -2.30. The average molecular weight is 317 g/mol. The van der Waals surface area contributed by atoms with Crippen LogP contribution in [0.15, 0.2) is 23.2 Å². The summed E-state index contributed by atoms with van der Waals surface area (Å²) in [5.41, 5.74) is 0.716. The quantitative estimate of drug-likeness (QED) is 0.827. The van der Waals surface area contributed by atoms with Crippen molar-refractivity contribution >= 4 is 51.7 Å². The van der Waals surface area contributed by atoms with E-state index in [1.165, 1.54) is 11.8 Å². The SMILES string of the molecule is CCCCN1C(=O)CSC1=Nc1ccc(Cl)c(Cl)c1. The molecule has 102 valence electrons. The largest absolute Gasteiger partial charge is 0.291 e. The van der Waals surface area contributed by atoms with E-state index in [4.69, 9.17) is 23.2 Å². The van der Waals surface area contributed by atoms with Crippen LogP contribution < -0.4 is 0 Å². The van der Waals surface area contributed by atoms with Gasteiger partial charge in [-0.1, -0.05) is 48.3 Å². The van der Waals surface area contributed by atoms with Gasteiger partial charge in [0.2, 0.25) is 5.91 Å². The number of carbonyl (C=O) groups is 1. The van der Waals surface area contributed by atoms with Crippen molar-refractivity contribution in [3.63, 3.8) is 0 Å². The monoisotopic (exact) mass is 316 g/mol. The molecule has 1 aromatic rings. The van der Waals surface area contributed by atoms with Crippen molar-refractivity contribution < 1.29 is 4.79 Å². The van der Waals surface area contributed by atoms with Crippen LogP contribution in [0.1, 0.15) is 19.8 Å². The fourth-order valence-corrected chi connectivity index (χ4v) is 2.90. The third kappa shape index (κ3) is 3.65. The first kappa shape index (κ1) is 14.7. The highest BCUT2D eigenvalue weighted by Gasteiger charge is 2.27. The summed E-state index contributed by atoms with van der Waals surface area (Å²) in [5.74, 6) is 0.585. The second-order valence-electron chi connectivity index (χ2n) is 4.18. The molecule has 0 unspecified atom stereocenters. The van der Waals surface area contributed by atoms with Crippen LogP contribution in [0.2, 0.25) is 10.0 Å². The van der Waals surface area contributed by atoms with E-state index in [2.05, 4.69) is 11.9 Å². The van der Waals surface area contributed by atoms with Gasteiger partial charge in [-0.05, 0) is 24.6 Å². The van der Waals surface area contributed by atoms with E-state index in [0.717, 1.165) is 24.6 Å². The third-order valence-electron chi connectivity index (χ3n) is 2.72. The first-order chi connectivity index (χ1) is 9.11. The molecule has 19 heavy (non-hydrogen) atoms. The summed E-state index contributed by atoms with van der Waals surface area (Å²) in [7, 11) is 0. The molecule has 0 saturated carbocycles. The Morgan fingerprint density at radius 1 is 1.37 bits per heavy atom. The summed E-state index contributed by atoms with van der Waals surface area (Å²) in [6, 6.07) is 5.21. The summed E-state index contributed by atoms with van der Waals surface area (Å²) >= 11 is 13.3. The number of rotatable bonds is 4. The number of unbranched alkanes of at least 4 members (excludes halogenated alkanes) is 1. The molecular formula is C13H14Cl2N2OS. The van der Waals surface area contributed by atoms with E-state index in [-0.39, 0.29) is 5.91 Å². The van der Waals surface area contributed by atoms with Gasteiger partial charge in [0.1, 0.15) is 0 Å². The normalized spacial score (nSPS) is 17.5. The number of benzene rings is 1. The predicted octanol–water partition coefficient (Wildman–Crippen LogP) is 4.36. The molecule has 1 aromatic carbocycles. The molecule has 0 bridgehead atoms. The van der Waals surface area contributed by atoms with E-state index >= 15 is 0 Å². The van der Waals surface area contributed by atoms with Gasteiger partial charge in [0.15, 0.2) is 5.17 Å². The molecule has 0 N–H and O–H groups in total. The first-order valence-electron chi connectivity index (χ1n) is 6.08. The van der Waals surface area contributed by atoms with Crippen molar-refractivity contribution in [3.05, 3.63) is 28.2 Å². The highest BCUT2D eigenvalue weighted by Crippen LogP contribution is 2.29. The Balaban J connectivity index is 2.20. The van der Waals surface area contributed by atoms with Gasteiger partial charge < -0.3 is 0 Å². The summed E-state index contributed by atoms with van der Waals surface area (Å²) in [6.07, 6.45) is 2.03. The highest BCUT2D eigenvalue weighted by molar-refractivity contribution is 8.15. The molecule has 1 aliphatic heterocycles. The zero-order chi connectivity index (χ0) is 13.8. The number of amides is 1. The van der Waals surface area contributed by atoms with Gasteiger partial charge in [0.05, 0.1) is 21.5 Å². The first-order valence-corrected chi connectivity index (χ1v) is 7.83. The number of nitrogens with zero attached hydrogens (tertiary/aromatic N) is 2. The lowest BCUT2D eigenvalue weighted by atomic mass is 10.3. The molecule has 0 aliphatic carbocycles. The number of hydrogen-bond acceptors (Lipinski definition) is 3. The van der Waals surface area contributed by atoms with Gasteiger partial charge >= 0.3 is 0 Å². The maximum atomic E-state index is 11.8. The smallest absolute Gasteiger partial charge is 0.239 e. The lowest BCUT2D eigenvalue weighted by Gasteiger charge is -2.15. The fraction of sp³-hybridized carbons (Fsp3) is 0.385. The van der Waals surface area contributed by atoms with Gasteiger partial charge in [-0.25, -0.2) is 4.99 Å². The van der Waals surface area contributed by atoms with Gasteiger partial charge in [-0.2, -0.15) is 0 Å². The minimum Gasteiger partial charge on any atom is -0.291 e. The lowest BCUT2D eigenvalue weighted by molar-refractivity contribution is -0.124. The second kappa shape index (κ2) is 6.64. The molecule has 1 saturated heterocycles. The minimum atomic E-state index is 0.122. The van der Waals surface area contributed by atoms with Gasteiger partial charge in [-0.15, -0.1) is 0 Å². The number of amidine groups is 1. The average Bonchev–Trinajstić information content (AvgIpc) is 2.72. The van der Waals surface area contributed by atoms with Crippen molar-refractivity contribution in [3.8, 4) is 0 Å². The maximum Gasteiger partial charge on any atom is 0.239 e. The van der Waals surface area contributed by atoms with Crippen molar-refractivity contribution in [2.45, 2.75) is 19.8 Å². The van der Waals surface area contributed by atoms with E-state index in [1.807, 2.05) is 0 Å². The van der Waals surface area contributed by atoms with Crippen molar-refractivity contribution in [1.29, 1.82) is 0 Å². The zero-order valence-electron chi connectivity index (χ0n) is 10.5. The summed E-state index contributed by atoms with van der Waals surface area (Å²) in [6.45, 7) is 2.83. The van der Waals surface area contributed by atoms with Crippen molar-refractivity contribution in [2.24, 2.45) is 4.99 Å². The molecule has 6 heteroatoms. The van der Waals surface area contributed by atoms with Crippen LogP contribution >= 0.6 is 35.0 Å². The van der Waals surface area contributed by atoms with Crippen LogP contribution in [0.5, 0.6) is 0 Å². The number of hydrogen-bond donors (Lipinski definition) is 0. The molecule has 1 amide bonds. The van der Waals surface area contributed by atoms with Gasteiger partial charge in [0, 0.05) is 6.54 Å². The van der Waals surface area contributed by atoms with Crippen LogP contribution in [0.25, 0.3) is 0 Å². The molecule has 0 aromatic heterocycles.